The van der Waals surface area contributed by atoms with Crippen molar-refractivity contribution in [1.82, 2.24) is 15.1 Å². The van der Waals surface area contributed by atoms with Crippen molar-refractivity contribution >= 4 is 35.0 Å². The van der Waals surface area contributed by atoms with Crippen molar-refractivity contribution in [1.29, 1.82) is 0 Å². The minimum Gasteiger partial charge on any atom is -0.369 e. The van der Waals surface area contributed by atoms with Gasteiger partial charge in [0.15, 0.2) is 0 Å². The predicted octanol–water partition coefficient (Wildman–Crippen LogP) is 3.58. The van der Waals surface area contributed by atoms with E-state index >= 15 is 0 Å². The maximum Gasteiger partial charge on any atom is 0.417 e. The van der Waals surface area contributed by atoms with Crippen LogP contribution in [0.4, 0.5) is 23.2 Å². The number of piperidine rings is 1. The van der Waals surface area contributed by atoms with Crippen molar-refractivity contribution in [2.45, 2.75) is 38.1 Å². The number of hydrogen-bond donors (Lipinski definition) is 1. The Labute approximate surface area is 214 Å². The van der Waals surface area contributed by atoms with E-state index in [1.807, 2.05) is 4.90 Å². The molecule has 196 valence electrons. The summed E-state index contributed by atoms with van der Waals surface area (Å²) in [5, 5.41) is 1.91. The van der Waals surface area contributed by atoms with Gasteiger partial charge in [-0.3, -0.25) is 24.6 Å². The standard InChI is InChI=1S/C25H23ClF4N4O3/c26-19-9-14(1-2-18(19)25(28,29)30)12-32-5-7-33(8-6-32)21-11-15(27)10-16-17(21)13-34(24(16)37)20-3-4-22(35)31-23(20)36/h1-2,9-11,20H,3-8,12-13H2,(H,31,35,36). The molecule has 1 N–H and O–H groups in total. The summed E-state index contributed by atoms with van der Waals surface area (Å²) in [5.74, 6) is -1.91. The van der Waals surface area contributed by atoms with Crippen molar-refractivity contribution in [3.8, 4) is 0 Å². The number of imide groups is 1. The summed E-state index contributed by atoms with van der Waals surface area (Å²) in [6.07, 6.45) is -4.17. The molecule has 0 radical (unpaired) electrons. The van der Waals surface area contributed by atoms with E-state index in [1.165, 1.54) is 29.2 Å². The molecule has 0 aliphatic carbocycles. The molecule has 37 heavy (non-hydrogen) atoms. The second kappa shape index (κ2) is 9.60. The van der Waals surface area contributed by atoms with E-state index in [2.05, 4.69) is 10.2 Å². The van der Waals surface area contributed by atoms with Crippen LogP contribution >= 0.6 is 11.6 Å². The molecule has 0 saturated carbocycles. The number of benzene rings is 2. The fraction of sp³-hybridized carbons (Fsp3) is 0.400. The highest BCUT2D eigenvalue weighted by Crippen LogP contribution is 2.37. The molecule has 2 aromatic carbocycles. The molecule has 3 heterocycles. The number of hydrogen-bond acceptors (Lipinski definition) is 5. The number of piperazine rings is 1. The first kappa shape index (κ1) is 25.5. The van der Waals surface area contributed by atoms with Crippen molar-refractivity contribution in [3.63, 3.8) is 0 Å². The Hall–Kier alpha value is -3.18. The third kappa shape index (κ3) is 5.02. The molecule has 2 saturated heterocycles. The fourth-order valence-corrected chi connectivity index (χ4v) is 5.49. The molecule has 5 rings (SSSR count). The molecule has 3 amide bonds. The second-order valence-corrected chi connectivity index (χ2v) is 9.83. The van der Waals surface area contributed by atoms with Crippen molar-refractivity contribution in [3.05, 3.63) is 63.4 Å². The van der Waals surface area contributed by atoms with Crippen LogP contribution in [0.1, 0.15) is 39.9 Å². The summed E-state index contributed by atoms with van der Waals surface area (Å²) in [6.45, 7) is 2.70. The lowest BCUT2D eigenvalue weighted by atomic mass is 10.0. The van der Waals surface area contributed by atoms with Crippen LogP contribution in [0.3, 0.4) is 0 Å². The van der Waals surface area contributed by atoms with E-state index in [4.69, 9.17) is 11.6 Å². The van der Waals surface area contributed by atoms with Gasteiger partial charge >= 0.3 is 6.18 Å². The number of alkyl halides is 3. The quantitative estimate of drug-likeness (QED) is 0.476. The van der Waals surface area contributed by atoms with Gasteiger partial charge in [0.25, 0.3) is 5.91 Å². The number of nitrogens with one attached hydrogen (secondary N) is 1. The van der Waals surface area contributed by atoms with Gasteiger partial charge in [0.1, 0.15) is 11.9 Å². The summed E-state index contributed by atoms with van der Waals surface area (Å²) in [4.78, 5) is 42.3. The summed E-state index contributed by atoms with van der Waals surface area (Å²) in [7, 11) is 0. The van der Waals surface area contributed by atoms with Crippen LogP contribution in [0.2, 0.25) is 5.02 Å². The molecule has 3 aliphatic rings. The topological polar surface area (TPSA) is 73.0 Å². The summed E-state index contributed by atoms with van der Waals surface area (Å²) in [5.41, 5.74) is 1.21. The summed E-state index contributed by atoms with van der Waals surface area (Å²) < 4.78 is 53.5. The lowest BCUT2D eigenvalue weighted by molar-refractivity contribution is -0.138. The Kier molecular flexibility index (Phi) is 6.61. The average molecular weight is 539 g/mol. The smallest absolute Gasteiger partial charge is 0.369 e. The van der Waals surface area contributed by atoms with Crippen LogP contribution in [-0.4, -0.2) is 59.7 Å². The highest BCUT2D eigenvalue weighted by molar-refractivity contribution is 6.31. The molecule has 7 nitrogen and oxygen atoms in total. The Balaban J connectivity index is 1.28. The second-order valence-electron chi connectivity index (χ2n) is 9.43. The molecule has 0 bridgehead atoms. The largest absolute Gasteiger partial charge is 0.417 e. The SMILES string of the molecule is O=C1CCC(N2Cc3c(cc(F)cc3N3CCN(Cc4ccc(C(F)(F)F)c(Cl)c4)CC3)C2=O)C(=O)N1. The maximum absolute atomic E-state index is 14.5. The minimum atomic E-state index is -4.51. The van der Waals surface area contributed by atoms with Gasteiger partial charge in [0.05, 0.1) is 10.6 Å². The third-order valence-corrected chi connectivity index (χ3v) is 7.37. The van der Waals surface area contributed by atoms with Crippen molar-refractivity contribution in [2.75, 3.05) is 31.1 Å². The minimum absolute atomic E-state index is 0.129. The van der Waals surface area contributed by atoms with E-state index in [9.17, 15) is 31.9 Å². The molecule has 3 aliphatic heterocycles. The third-order valence-electron chi connectivity index (χ3n) is 7.06. The van der Waals surface area contributed by atoms with E-state index in [1.54, 1.807) is 0 Å². The van der Waals surface area contributed by atoms with Gasteiger partial charge in [-0.1, -0.05) is 17.7 Å². The molecule has 2 fully saturated rings. The van der Waals surface area contributed by atoms with Gasteiger partial charge in [-0.2, -0.15) is 13.2 Å². The van der Waals surface area contributed by atoms with Crippen LogP contribution in [0, 0.1) is 5.82 Å². The van der Waals surface area contributed by atoms with Gasteiger partial charge in [-0.15, -0.1) is 0 Å². The Morgan fingerprint density at radius 1 is 1.03 bits per heavy atom. The summed E-state index contributed by atoms with van der Waals surface area (Å²) in [6, 6.07) is 5.49. The number of anilines is 1. The Bertz CT molecular complexity index is 1280. The highest BCUT2D eigenvalue weighted by Gasteiger charge is 2.41. The van der Waals surface area contributed by atoms with Gasteiger partial charge in [-0.05, 0) is 36.2 Å². The van der Waals surface area contributed by atoms with Gasteiger partial charge in [-0.25, -0.2) is 4.39 Å². The zero-order valence-corrected chi connectivity index (χ0v) is 20.3. The normalized spacial score (nSPS) is 20.9. The van der Waals surface area contributed by atoms with Gasteiger partial charge < -0.3 is 9.80 Å². The highest BCUT2D eigenvalue weighted by atomic mass is 35.5. The van der Waals surface area contributed by atoms with E-state index in [0.717, 1.165) is 6.07 Å². The van der Waals surface area contributed by atoms with Gasteiger partial charge in [0.2, 0.25) is 11.8 Å². The van der Waals surface area contributed by atoms with Gasteiger partial charge in [0, 0.05) is 62.5 Å². The van der Waals surface area contributed by atoms with Crippen molar-refractivity contribution < 1.29 is 31.9 Å². The van der Waals surface area contributed by atoms with E-state index in [-0.39, 0.29) is 35.9 Å². The lowest BCUT2D eigenvalue weighted by Gasteiger charge is -2.37. The first-order valence-corrected chi connectivity index (χ1v) is 12.2. The van der Waals surface area contributed by atoms with Crippen LogP contribution < -0.4 is 10.2 Å². The Morgan fingerprint density at radius 3 is 2.41 bits per heavy atom. The zero-order valence-electron chi connectivity index (χ0n) is 19.6. The first-order valence-electron chi connectivity index (χ1n) is 11.8. The number of carbonyl (C=O) groups excluding carboxylic acids is 3. The van der Waals surface area contributed by atoms with Crippen LogP contribution in [0.5, 0.6) is 0 Å². The molecule has 12 heteroatoms. The zero-order chi connectivity index (χ0) is 26.5. The van der Waals surface area contributed by atoms with Crippen LogP contribution in [0.25, 0.3) is 0 Å². The number of carbonyl (C=O) groups is 3. The molecule has 1 unspecified atom stereocenters. The molecule has 1 atom stereocenters. The lowest BCUT2D eigenvalue weighted by Crippen LogP contribution is -2.52. The molecular formula is C25H23ClF4N4O3. The fourth-order valence-electron chi connectivity index (χ4n) is 5.18. The molecular weight excluding hydrogens is 516 g/mol. The van der Waals surface area contributed by atoms with E-state index < -0.39 is 35.4 Å². The number of rotatable bonds is 4. The monoisotopic (exact) mass is 538 g/mol. The van der Waals surface area contributed by atoms with E-state index in [0.29, 0.717) is 49.5 Å². The summed E-state index contributed by atoms with van der Waals surface area (Å²) >= 11 is 5.84. The molecule has 0 aromatic heterocycles. The number of halogens is 5. The predicted molar refractivity (Wildman–Crippen MR) is 126 cm³/mol. The average Bonchev–Trinajstić information content (AvgIpc) is 3.14. The number of nitrogens with zero attached hydrogens (tertiary/aromatic N) is 3. The molecule has 0 spiro atoms. The first-order chi connectivity index (χ1) is 17.5. The van der Waals surface area contributed by atoms with Crippen molar-refractivity contribution in [2.24, 2.45) is 0 Å². The number of fused-ring (bicyclic) bond motifs is 1. The Morgan fingerprint density at radius 2 is 1.76 bits per heavy atom. The number of amides is 3. The maximum atomic E-state index is 14.5. The molecule has 2 aromatic rings. The van der Waals surface area contributed by atoms with Crippen LogP contribution in [0.15, 0.2) is 30.3 Å². The van der Waals surface area contributed by atoms with Crippen LogP contribution in [-0.2, 0) is 28.9 Å².